The summed E-state index contributed by atoms with van der Waals surface area (Å²) in [5, 5.41) is 0. The largest absolute Gasteiger partial charge is 0.493 e. The van der Waals surface area contributed by atoms with Gasteiger partial charge >= 0.3 is 5.97 Å². The first-order valence-electron chi connectivity index (χ1n) is 12.1. The highest BCUT2D eigenvalue weighted by Gasteiger charge is 2.74. The van der Waals surface area contributed by atoms with E-state index in [2.05, 4.69) is 4.90 Å². The van der Waals surface area contributed by atoms with Crippen molar-refractivity contribution in [2.24, 2.45) is 0 Å². The molecule has 0 aromatic heterocycles. The molecule has 2 aromatic rings. The van der Waals surface area contributed by atoms with Crippen LogP contribution in [0, 0.1) is 6.92 Å². The molecule has 5 atom stereocenters. The Labute approximate surface area is 210 Å². The second-order valence-electron chi connectivity index (χ2n) is 10.2. The molecule has 6 rings (SSSR count). The summed E-state index contributed by atoms with van der Waals surface area (Å²) >= 11 is 0. The number of likely N-dealkylation sites (N-methyl/N-ethyl adjacent to an activating group) is 1. The number of ether oxygens (including phenoxy) is 3. The minimum atomic E-state index is -4.09. The van der Waals surface area contributed by atoms with E-state index in [4.69, 9.17) is 18.4 Å². The van der Waals surface area contributed by atoms with E-state index in [1.54, 1.807) is 25.3 Å². The van der Waals surface area contributed by atoms with Crippen LogP contribution in [-0.4, -0.2) is 63.8 Å². The number of hydrogen-bond donors (Lipinski definition) is 0. The lowest BCUT2D eigenvalue weighted by Crippen LogP contribution is -2.76. The fourth-order valence-electron chi connectivity index (χ4n) is 6.81. The lowest BCUT2D eigenvalue weighted by molar-refractivity contribution is -0.192. The van der Waals surface area contributed by atoms with E-state index >= 15 is 0 Å². The third-order valence-electron chi connectivity index (χ3n) is 8.29. The molecule has 2 aliphatic heterocycles. The lowest BCUT2D eigenvalue weighted by atomic mass is 9.50. The molecule has 190 valence electrons. The van der Waals surface area contributed by atoms with Crippen LogP contribution in [-0.2, 0) is 35.7 Å². The van der Waals surface area contributed by atoms with E-state index in [-0.39, 0.29) is 10.9 Å². The Morgan fingerprint density at radius 1 is 1.17 bits per heavy atom. The SMILES string of the molecule is COc1ccc2c3c1O[C@H]1[C@@H](OS(=O)(=O)c4ccc(C)cc4)C=C[C@@]4(OC(C)=O)[C@@H](C2)N(C)CC[C@]314. The van der Waals surface area contributed by atoms with Crippen LogP contribution in [0.15, 0.2) is 53.4 Å². The van der Waals surface area contributed by atoms with Crippen molar-refractivity contribution in [2.75, 3.05) is 20.7 Å². The zero-order valence-corrected chi connectivity index (χ0v) is 21.5. The molecule has 0 unspecified atom stereocenters. The summed E-state index contributed by atoms with van der Waals surface area (Å²) in [6.07, 6.45) is 3.13. The summed E-state index contributed by atoms with van der Waals surface area (Å²) in [4.78, 5) is 14.8. The molecule has 4 aliphatic rings. The highest BCUT2D eigenvalue weighted by molar-refractivity contribution is 7.86. The van der Waals surface area contributed by atoms with Gasteiger partial charge in [0.05, 0.1) is 23.5 Å². The maximum Gasteiger partial charge on any atom is 0.303 e. The summed E-state index contributed by atoms with van der Waals surface area (Å²) in [7, 11) is -0.485. The first-order chi connectivity index (χ1) is 17.1. The Morgan fingerprint density at radius 2 is 1.92 bits per heavy atom. The van der Waals surface area contributed by atoms with Crippen LogP contribution in [0.2, 0.25) is 0 Å². The molecule has 2 heterocycles. The molecule has 8 nitrogen and oxygen atoms in total. The molecule has 2 bridgehead atoms. The molecule has 1 spiro atoms. The minimum absolute atomic E-state index is 0.0782. The van der Waals surface area contributed by atoms with Gasteiger partial charge in [-0.2, -0.15) is 8.42 Å². The normalized spacial score (nSPS) is 31.9. The van der Waals surface area contributed by atoms with Gasteiger partial charge in [0.25, 0.3) is 10.1 Å². The Morgan fingerprint density at radius 3 is 2.61 bits per heavy atom. The summed E-state index contributed by atoms with van der Waals surface area (Å²) in [5.41, 5.74) is 1.11. The molecule has 0 saturated carbocycles. The molecular formula is C27H29NO7S. The first kappa shape index (κ1) is 23.5. The Kier molecular flexibility index (Phi) is 5.10. The number of benzene rings is 2. The van der Waals surface area contributed by atoms with Crippen molar-refractivity contribution in [3.63, 3.8) is 0 Å². The average Bonchev–Trinajstić information content (AvgIpc) is 3.18. The number of nitrogens with zero attached hydrogens (tertiary/aromatic N) is 1. The molecule has 9 heteroatoms. The van der Waals surface area contributed by atoms with E-state index in [0.29, 0.717) is 24.3 Å². The predicted octanol–water partition coefficient (Wildman–Crippen LogP) is 2.91. The molecule has 1 saturated heterocycles. The summed E-state index contributed by atoms with van der Waals surface area (Å²) in [5.74, 6) is 0.737. The van der Waals surface area contributed by atoms with Crippen molar-refractivity contribution in [1.29, 1.82) is 0 Å². The summed E-state index contributed by atoms with van der Waals surface area (Å²) in [6.45, 7) is 4.03. The predicted molar refractivity (Wildman–Crippen MR) is 131 cm³/mol. The third-order valence-corrected chi connectivity index (χ3v) is 9.62. The number of carbonyl (C=O) groups is 1. The fourth-order valence-corrected chi connectivity index (χ4v) is 7.84. The quantitative estimate of drug-likeness (QED) is 0.344. The van der Waals surface area contributed by atoms with Crippen LogP contribution in [0.3, 0.4) is 0 Å². The van der Waals surface area contributed by atoms with Crippen LogP contribution >= 0.6 is 0 Å². The van der Waals surface area contributed by atoms with Crippen molar-refractivity contribution in [3.05, 3.63) is 65.2 Å². The smallest absolute Gasteiger partial charge is 0.303 e. The van der Waals surface area contributed by atoms with Crippen LogP contribution in [0.25, 0.3) is 0 Å². The number of esters is 1. The Bertz CT molecular complexity index is 1390. The topological polar surface area (TPSA) is 91.4 Å². The van der Waals surface area contributed by atoms with Crippen molar-refractivity contribution >= 4 is 16.1 Å². The van der Waals surface area contributed by atoms with Gasteiger partial charge < -0.3 is 14.2 Å². The number of carbonyl (C=O) groups excluding carboxylic acids is 1. The Balaban J connectivity index is 1.54. The molecular weight excluding hydrogens is 482 g/mol. The number of aryl methyl sites for hydroxylation is 1. The molecule has 2 aliphatic carbocycles. The van der Waals surface area contributed by atoms with Gasteiger partial charge in [0.2, 0.25) is 0 Å². The van der Waals surface area contributed by atoms with Gasteiger partial charge in [-0.05, 0) is 63.2 Å². The van der Waals surface area contributed by atoms with Crippen molar-refractivity contribution in [3.8, 4) is 11.5 Å². The van der Waals surface area contributed by atoms with Crippen LogP contribution in [0.5, 0.6) is 11.5 Å². The van der Waals surface area contributed by atoms with Gasteiger partial charge in [0.1, 0.15) is 12.2 Å². The van der Waals surface area contributed by atoms with Crippen molar-refractivity contribution in [1.82, 2.24) is 4.90 Å². The van der Waals surface area contributed by atoms with E-state index in [1.807, 2.05) is 32.2 Å². The van der Waals surface area contributed by atoms with Gasteiger partial charge in [-0.25, -0.2) is 0 Å². The number of methoxy groups -OCH3 is 1. The number of rotatable bonds is 5. The molecule has 0 radical (unpaired) electrons. The minimum Gasteiger partial charge on any atom is -0.493 e. The fraction of sp³-hybridized carbons (Fsp3) is 0.444. The lowest BCUT2D eigenvalue weighted by Gasteiger charge is -2.62. The number of hydrogen-bond acceptors (Lipinski definition) is 8. The molecule has 0 N–H and O–H groups in total. The maximum atomic E-state index is 13.3. The molecule has 2 aromatic carbocycles. The highest BCUT2D eigenvalue weighted by Crippen LogP contribution is 2.65. The van der Waals surface area contributed by atoms with Crippen LogP contribution in [0.4, 0.5) is 0 Å². The number of piperidine rings is 1. The van der Waals surface area contributed by atoms with E-state index < -0.39 is 39.3 Å². The standard InChI is InChI=1S/C27H29NO7S/c1-16-5-8-19(9-6-16)36(30,31)35-21-11-12-27(34-17(2)29)22-15-18-7-10-20(32-4)24-23(18)26(27,25(21)33-24)13-14-28(22)3/h5-12,21-22,25H,13-15H2,1-4H3/t21-,22+,25-,26-,27+/m0/s1. The first-order valence-corrected chi connectivity index (χ1v) is 13.5. The van der Waals surface area contributed by atoms with Crippen molar-refractivity contribution < 1.29 is 31.6 Å². The third kappa shape index (κ3) is 2.99. The zero-order valence-electron chi connectivity index (χ0n) is 20.7. The maximum absolute atomic E-state index is 13.3. The monoisotopic (exact) mass is 511 g/mol. The van der Waals surface area contributed by atoms with Gasteiger partial charge in [-0.15, -0.1) is 0 Å². The van der Waals surface area contributed by atoms with Crippen LogP contribution in [0.1, 0.15) is 30.0 Å². The van der Waals surface area contributed by atoms with E-state index in [0.717, 1.165) is 23.2 Å². The van der Waals surface area contributed by atoms with Crippen LogP contribution < -0.4 is 9.47 Å². The highest BCUT2D eigenvalue weighted by atomic mass is 32.2. The average molecular weight is 512 g/mol. The van der Waals surface area contributed by atoms with E-state index in [9.17, 15) is 13.2 Å². The molecule has 36 heavy (non-hydrogen) atoms. The van der Waals surface area contributed by atoms with E-state index in [1.165, 1.54) is 19.1 Å². The van der Waals surface area contributed by atoms with Gasteiger partial charge in [-0.3, -0.25) is 13.9 Å². The van der Waals surface area contributed by atoms with Crippen molar-refractivity contribution in [2.45, 2.75) is 60.9 Å². The van der Waals surface area contributed by atoms with Gasteiger partial charge in [0, 0.05) is 12.5 Å². The second-order valence-corrected chi connectivity index (χ2v) is 11.7. The second kappa shape index (κ2) is 7.81. The summed E-state index contributed by atoms with van der Waals surface area (Å²) in [6, 6.07) is 10.3. The van der Waals surface area contributed by atoms with Gasteiger partial charge in [-0.1, -0.05) is 29.8 Å². The molecule has 0 amide bonds. The van der Waals surface area contributed by atoms with Gasteiger partial charge in [0.15, 0.2) is 17.1 Å². The zero-order chi connectivity index (χ0) is 25.5. The molecule has 1 fully saturated rings. The Hall–Kier alpha value is -2.88. The number of likely N-dealkylation sites (tertiary alicyclic amines) is 1. The summed E-state index contributed by atoms with van der Waals surface area (Å²) < 4.78 is 50.9.